The Kier molecular flexibility index (Phi) is 21.9. The van der Waals surface area contributed by atoms with Crippen LogP contribution in [0.4, 0.5) is 11.4 Å². The number of nitriles is 2. The topological polar surface area (TPSA) is 174 Å². The van der Waals surface area contributed by atoms with Gasteiger partial charge in [-0.1, -0.05) is 115 Å². The van der Waals surface area contributed by atoms with Crippen LogP contribution in [0, 0.1) is 47.6 Å². The molecule has 7 aromatic rings. The van der Waals surface area contributed by atoms with Crippen LogP contribution < -0.4 is 18.9 Å². The van der Waals surface area contributed by atoms with E-state index in [-0.39, 0.29) is 73.5 Å². The molecule has 0 saturated heterocycles. The van der Waals surface area contributed by atoms with Gasteiger partial charge in [0.2, 0.25) is 11.4 Å². The fourth-order valence-electron chi connectivity index (χ4n) is 8.20. The summed E-state index contributed by atoms with van der Waals surface area (Å²) in [5.41, 5.74) is 6.31. The first kappa shape index (κ1) is 57.7. The number of esters is 1. The maximum absolute atomic E-state index is 13.4. The van der Waals surface area contributed by atoms with Gasteiger partial charge in [0.05, 0.1) is 42.4 Å². The van der Waals surface area contributed by atoms with Gasteiger partial charge in [-0.25, -0.2) is 9.69 Å². The van der Waals surface area contributed by atoms with Crippen molar-refractivity contribution in [3.05, 3.63) is 237 Å². The fourth-order valence-corrected chi connectivity index (χ4v) is 8.20. The highest BCUT2D eigenvalue weighted by Gasteiger charge is 2.26. The van der Waals surface area contributed by atoms with E-state index in [0.717, 1.165) is 22.3 Å². The Hall–Kier alpha value is -9.53. The van der Waals surface area contributed by atoms with Crippen LogP contribution in [0.15, 0.2) is 164 Å². The van der Waals surface area contributed by atoms with Gasteiger partial charge >= 0.3 is 5.97 Å². The number of carbonyl (C=O) groups excluding carboxylic acids is 3. The summed E-state index contributed by atoms with van der Waals surface area (Å²) in [5.74, 6) is -0.348. The van der Waals surface area contributed by atoms with Crippen LogP contribution in [0.3, 0.4) is 0 Å². The molecule has 2 unspecified atom stereocenters. The van der Waals surface area contributed by atoms with Crippen molar-refractivity contribution < 1.29 is 43.2 Å². The number of ketones is 2. The number of carbonyl (C=O) groups is 3. The maximum Gasteiger partial charge on any atom is 0.310 e. The summed E-state index contributed by atoms with van der Waals surface area (Å²) in [7, 11) is 0. The molecule has 0 saturated carbocycles. The van der Waals surface area contributed by atoms with E-state index in [1.807, 2.05) is 125 Å². The summed E-state index contributed by atoms with van der Waals surface area (Å²) in [6.45, 7) is 22.9. The van der Waals surface area contributed by atoms with Crippen LogP contribution in [0.2, 0.25) is 0 Å². The van der Waals surface area contributed by atoms with E-state index in [1.54, 1.807) is 54.6 Å². The summed E-state index contributed by atoms with van der Waals surface area (Å²) >= 11 is 0. The van der Waals surface area contributed by atoms with Gasteiger partial charge in [-0.15, -0.1) is 0 Å². The largest absolute Gasteiger partial charge is 0.502 e. The number of hydrogen-bond acceptors (Lipinski definition) is 11. The minimum Gasteiger partial charge on any atom is -0.502 e. The van der Waals surface area contributed by atoms with Crippen molar-refractivity contribution in [2.45, 2.75) is 85.4 Å². The Morgan fingerprint density at radius 3 is 1.33 bits per heavy atom. The van der Waals surface area contributed by atoms with Crippen molar-refractivity contribution >= 4 is 28.9 Å². The number of Topliss-reactive ketones (excluding diaryl/α,β-unsaturated/α-hetero) is 2. The molecular formula is C65H60N4O9. The molecule has 0 aliphatic heterocycles. The van der Waals surface area contributed by atoms with E-state index in [4.69, 9.17) is 36.8 Å². The highest BCUT2D eigenvalue weighted by molar-refractivity contribution is 5.99. The highest BCUT2D eigenvalue weighted by Crippen LogP contribution is 2.33. The monoisotopic (exact) mass is 1040 g/mol. The smallest absolute Gasteiger partial charge is 0.310 e. The van der Waals surface area contributed by atoms with Crippen molar-refractivity contribution in [2.24, 2.45) is 11.8 Å². The molecule has 1 N–H and O–H groups in total. The number of ether oxygens (including phenoxy) is 5. The van der Waals surface area contributed by atoms with Crippen LogP contribution in [0.25, 0.3) is 9.69 Å². The molecule has 0 spiro atoms. The summed E-state index contributed by atoms with van der Waals surface area (Å²) in [6, 6.07) is 53.0. The number of nitrogens with zero attached hydrogens (tertiary/aromatic N) is 4. The molecule has 7 rings (SSSR count). The zero-order valence-electron chi connectivity index (χ0n) is 44.1. The van der Waals surface area contributed by atoms with Crippen molar-refractivity contribution in [3.8, 4) is 35.1 Å². The number of rotatable bonds is 24. The second-order valence-electron chi connectivity index (χ2n) is 18.9. The molecule has 0 aliphatic carbocycles. The molecule has 2 atom stereocenters. The average molecular weight is 1040 g/mol. The minimum atomic E-state index is -0.818. The number of hydrogen-bond donors (Lipinski definition) is 1. The Bertz CT molecular complexity index is 3320. The average Bonchev–Trinajstić information content (AvgIpc) is 3.47. The standard InChI is InChI=1S/C36H32N2O5.C29H28N2O4/c1-25(2)43-35-17-15-29(20-32(35)38-3)33(39)21-30(36(40)42-24-27-12-8-5-9-13-27)18-28-14-16-34(31(19-28)22-37)41-23-26-10-6-4-7-11-26;1-20(2)35-29-12-10-24(16-26(29)31-3)27(33)15-23(18-32)13-22-9-11-28(25(14-22)17-30)34-19-21-7-5-4-6-8-21/h4-17,19-20,25,30H,18,21,23-24H2,1-2H3;4-12,14,16,20,23,32H,13,15,18-19H2,1-2H3. The molecule has 0 radical (unpaired) electrons. The number of aliphatic hydroxyl groups excluding tert-OH is 1. The zero-order chi connectivity index (χ0) is 55.8. The van der Waals surface area contributed by atoms with Gasteiger partial charge in [-0.3, -0.25) is 14.4 Å². The van der Waals surface area contributed by atoms with Crippen LogP contribution in [0.5, 0.6) is 23.0 Å². The van der Waals surface area contributed by atoms with Crippen LogP contribution in [-0.2, 0) is 42.2 Å². The second kappa shape index (κ2) is 29.5. The first-order valence-electron chi connectivity index (χ1n) is 25.4. The lowest BCUT2D eigenvalue weighted by Gasteiger charge is -2.17. The molecule has 0 aliphatic rings. The van der Waals surface area contributed by atoms with E-state index in [9.17, 15) is 30.0 Å². The van der Waals surface area contributed by atoms with Gasteiger partial charge in [0.15, 0.2) is 11.6 Å². The molecule has 13 heteroatoms. The Labute approximate surface area is 456 Å². The SMILES string of the molecule is [C-]#[N+]c1cc(C(=O)CC(CO)Cc2ccc(OCc3ccccc3)c(C#N)c2)ccc1OC(C)C.[C-]#[N+]c1cc(C(=O)CC(Cc2ccc(OCc3ccccc3)c(C#N)c2)C(=O)OCc2ccccc2)ccc1OC(C)C. The summed E-state index contributed by atoms with van der Waals surface area (Å²) < 4.78 is 28.6. The minimum absolute atomic E-state index is 0.0726. The third-order valence-electron chi connectivity index (χ3n) is 12.1. The molecule has 0 bridgehead atoms. The predicted octanol–water partition coefficient (Wildman–Crippen LogP) is 13.5. The van der Waals surface area contributed by atoms with Crippen molar-refractivity contribution in [1.82, 2.24) is 0 Å². The van der Waals surface area contributed by atoms with Crippen molar-refractivity contribution in [2.75, 3.05) is 6.61 Å². The van der Waals surface area contributed by atoms with Gasteiger partial charge in [-0.05, 0) is 123 Å². The van der Waals surface area contributed by atoms with E-state index in [0.29, 0.717) is 70.4 Å². The Morgan fingerprint density at radius 1 is 0.513 bits per heavy atom. The second-order valence-corrected chi connectivity index (χ2v) is 18.9. The molecule has 13 nitrogen and oxygen atoms in total. The fraction of sp³-hybridized carbons (Fsp3) is 0.246. The normalized spacial score (nSPS) is 11.3. The Balaban J connectivity index is 0.000000258. The summed E-state index contributed by atoms with van der Waals surface area (Å²) in [6.07, 6.45) is 0.386. The molecule has 0 amide bonds. The molecule has 0 heterocycles. The summed E-state index contributed by atoms with van der Waals surface area (Å²) in [5, 5.41) is 29.3. The zero-order valence-corrected chi connectivity index (χ0v) is 44.1. The van der Waals surface area contributed by atoms with E-state index < -0.39 is 11.9 Å². The molecule has 0 aromatic heterocycles. The molecule has 78 heavy (non-hydrogen) atoms. The third-order valence-corrected chi connectivity index (χ3v) is 12.1. The highest BCUT2D eigenvalue weighted by atomic mass is 16.5. The van der Waals surface area contributed by atoms with Crippen molar-refractivity contribution in [3.63, 3.8) is 0 Å². The molecular weight excluding hydrogens is 981 g/mol. The van der Waals surface area contributed by atoms with Gasteiger partial charge in [-0.2, -0.15) is 10.5 Å². The van der Waals surface area contributed by atoms with Gasteiger partial charge in [0.25, 0.3) is 0 Å². The van der Waals surface area contributed by atoms with Gasteiger partial charge < -0.3 is 28.8 Å². The lowest BCUT2D eigenvalue weighted by atomic mass is 9.91. The lowest BCUT2D eigenvalue weighted by Crippen LogP contribution is -2.23. The van der Waals surface area contributed by atoms with E-state index in [1.165, 1.54) is 12.1 Å². The quantitative estimate of drug-likeness (QED) is 0.0346. The van der Waals surface area contributed by atoms with Crippen LogP contribution in [0.1, 0.15) is 100 Å². The first-order chi connectivity index (χ1) is 37.8. The first-order valence-corrected chi connectivity index (χ1v) is 25.4. The molecule has 394 valence electrons. The third kappa shape index (κ3) is 17.5. The summed E-state index contributed by atoms with van der Waals surface area (Å²) in [4.78, 5) is 46.6. The lowest BCUT2D eigenvalue weighted by molar-refractivity contribution is -0.149. The van der Waals surface area contributed by atoms with Gasteiger partial charge in [0.1, 0.15) is 55.0 Å². The maximum atomic E-state index is 13.4. The van der Waals surface area contributed by atoms with Crippen LogP contribution in [-0.4, -0.2) is 41.5 Å². The van der Waals surface area contributed by atoms with Gasteiger partial charge in [0, 0.05) is 30.6 Å². The van der Waals surface area contributed by atoms with Crippen LogP contribution >= 0.6 is 0 Å². The molecule has 7 aromatic carbocycles. The predicted molar refractivity (Wildman–Crippen MR) is 296 cm³/mol. The Morgan fingerprint density at radius 2 is 0.923 bits per heavy atom. The number of aliphatic hydroxyl groups is 1. The number of benzene rings is 7. The van der Waals surface area contributed by atoms with E-state index in [2.05, 4.69) is 21.8 Å². The van der Waals surface area contributed by atoms with Crippen molar-refractivity contribution in [1.29, 1.82) is 10.5 Å². The molecule has 0 fully saturated rings. The van der Waals surface area contributed by atoms with E-state index >= 15 is 0 Å².